The van der Waals surface area contributed by atoms with Crippen molar-refractivity contribution in [2.75, 3.05) is 31.7 Å². The number of nitrogens with zero attached hydrogens (tertiary/aromatic N) is 3. The molecule has 2 aromatic carbocycles. The standard InChI is InChI=1S/C20H23N3O2/c1-3-23(12-7-13-24)20-17-10-4-5-11-18(17)21-19(22-20)15-8-6-9-16(14-15)25-2/h4-6,8-11,14,24H,3,7,12-13H2,1-2H3. The van der Waals surface area contributed by atoms with E-state index in [-0.39, 0.29) is 6.61 Å². The number of anilines is 1. The Morgan fingerprint density at radius 1 is 1.08 bits per heavy atom. The zero-order valence-corrected chi connectivity index (χ0v) is 14.6. The summed E-state index contributed by atoms with van der Waals surface area (Å²) < 4.78 is 5.32. The largest absolute Gasteiger partial charge is 0.497 e. The topological polar surface area (TPSA) is 58.5 Å². The number of fused-ring (bicyclic) bond motifs is 1. The average Bonchev–Trinajstić information content (AvgIpc) is 2.68. The Bertz CT molecular complexity index is 851. The summed E-state index contributed by atoms with van der Waals surface area (Å²) >= 11 is 0. The van der Waals surface area contributed by atoms with Crippen molar-refractivity contribution >= 4 is 16.7 Å². The van der Waals surface area contributed by atoms with E-state index in [0.29, 0.717) is 12.2 Å². The molecular weight excluding hydrogens is 314 g/mol. The van der Waals surface area contributed by atoms with Crippen LogP contribution in [0.1, 0.15) is 13.3 Å². The molecule has 1 aromatic heterocycles. The maximum Gasteiger partial charge on any atom is 0.162 e. The van der Waals surface area contributed by atoms with E-state index in [2.05, 4.69) is 11.8 Å². The maximum absolute atomic E-state index is 9.19. The molecule has 1 heterocycles. The number of aliphatic hydroxyl groups is 1. The van der Waals surface area contributed by atoms with Gasteiger partial charge in [-0.15, -0.1) is 0 Å². The van der Waals surface area contributed by atoms with Crippen LogP contribution in [0.4, 0.5) is 5.82 Å². The van der Waals surface area contributed by atoms with Crippen LogP contribution in [0, 0.1) is 0 Å². The summed E-state index contributed by atoms with van der Waals surface area (Å²) in [6.45, 7) is 3.84. The fourth-order valence-electron chi connectivity index (χ4n) is 2.87. The first-order valence-electron chi connectivity index (χ1n) is 8.53. The summed E-state index contributed by atoms with van der Waals surface area (Å²) in [5, 5.41) is 10.2. The molecule has 0 aliphatic heterocycles. The molecule has 5 nitrogen and oxygen atoms in total. The predicted octanol–water partition coefficient (Wildman–Crippen LogP) is 3.51. The van der Waals surface area contributed by atoms with E-state index < -0.39 is 0 Å². The highest BCUT2D eigenvalue weighted by molar-refractivity contribution is 5.91. The van der Waals surface area contributed by atoms with Crippen molar-refractivity contribution in [1.82, 2.24) is 9.97 Å². The third kappa shape index (κ3) is 3.72. The SMILES string of the molecule is CCN(CCCO)c1nc(-c2cccc(OC)c2)nc2ccccc12. The highest BCUT2D eigenvalue weighted by atomic mass is 16.5. The molecule has 0 bridgehead atoms. The second kappa shape index (κ2) is 7.94. The van der Waals surface area contributed by atoms with Gasteiger partial charge in [-0.3, -0.25) is 0 Å². The molecule has 0 saturated carbocycles. The molecule has 0 radical (unpaired) electrons. The van der Waals surface area contributed by atoms with E-state index in [4.69, 9.17) is 14.7 Å². The number of benzene rings is 2. The van der Waals surface area contributed by atoms with Gasteiger partial charge in [-0.2, -0.15) is 0 Å². The Morgan fingerprint density at radius 3 is 2.68 bits per heavy atom. The van der Waals surface area contributed by atoms with Crippen LogP contribution in [-0.4, -0.2) is 41.9 Å². The summed E-state index contributed by atoms with van der Waals surface area (Å²) in [6.07, 6.45) is 0.709. The highest BCUT2D eigenvalue weighted by Crippen LogP contribution is 2.29. The minimum atomic E-state index is 0.169. The second-order valence-corrected chi connectivity index (χ2v) is 5.78. The van der Waals surface area contributed by atoms with Gasteiger partial charge < -0.3 is 14.7 Å². The van der Waals surface area contributed by atoms with Gasteiger partial charge in [0.2, 0.25) is 0 Å². The van der Waals surface area contributed by atoms with Crippen molar-refractivity contribution in [3.05, 3.63) is 48.5 Å². The zero-order chi connectivity index (χ0) is 17.6. The summed E-state index contributed by atoms with van der Waals surface area (Å²) in [4.78, 5) is 11.8. The quantitative estimate of drug-likeness (QED) is 0.715. The number of aromatic nitrogens is 2. The Hall–Kier alpha value is -2.66. The lowest BCUT2D eigenvalue weighted by Gasteiger charge is -2.23. The van der Waals surface area contributed by atoms with Crippen LogP contribution in [0.2, 0.25) is 0 Å². The minimum Gasteiger partial charge on any atom is -0.497 e. The molecule has 0 fully saturated rings. The first kappa shape index (κ1) is 17.2. The average molecular weight is 337 g/mol. The number of methoxy groups -OCH3 is 1. The van der Waals surface area contributed by atoms with Gasteiger partial charge in [-0.25, -0.2) is 9.97 Å². The first-order valence-corrected chi connectivity index (χ1v) is 8.53. The Kier molecular flexibility index (Phi) is 5.46. The van der Waals surface area contributed by atoms with Gasteiger partial charge in [0.05, 0.1) is 12.6 Å². The Labute approximate surface area is 147 Å². The lowest BCUT2D eigenvalue weighted by molar-refractivity contribution is 0.289. The van der Waals surface area contributed by atoms with Crippen molar-refractivity contribution in [3.8, 4) is 17.1 Å². The monoisotopic (exact) mass is 337 g/mol. The molecule has 0 atom stereocenters. The summed E-state index contributed by atoms with van der Waals surface area (Å²) in [5.41, 5.74) is 1.83. The molecule has 5 heteroatoms. The van der Waals surface area contributed by atoms with Gasteiger partial charge in [-0.1, -0.05) is 24.3 Å². The van der Waals surface area contributed by atoms with Crippen LogP contribution in [0.25, 0.3) is 22.3 Å². The van der Waals surface area contributed by atoms with Crippen LogP contribution >= 0.6 is 0 Å². The van der Waals surface area contributed by atoms with Gasteiger partial charge >= 0.3 is 0 Å². The molecule has 0 saturated heterocycles. The van der Waals surface area contributed by atoms with Crippen molar-refractivity contribution in [3.63, 3.8) is 0 Å². The highest BCUT2D eigenvalue weighted by Gasteiger charge is 2.14. The number of hydrogen-bond donors (Lipinski definition) is 1. The third-order valence-electron chi connectivity index (χ3n) is 4.18. The molecule has 0 amide bonds. The van der Waals surface area contributed by atoms with E-state index in [0.717, 1.165) is 41.1 Å². The molecule has 1 N–H and O–H groups in total. The fourth-order valence-corrected chi connectivity index (χ4v) is 2.87. The van der Waals surface area contributed by atoms with E-state index in [1.54, 1.807) is 7.11 Å². The van der Waals surface area contributed by atoms with Crippen LogP contribution < -0.4 is 9.64 Å². The van der Waals surface area contributed by atoms with E-state index in [1.165, 1.54) is 0 Å². The maximum atomic E-state index is 9.19. The molecule has 130 valence electrons. The van der Waals surface area contributed by atoms with Gasteiger partial charge in [-0.05, 0) is 37.6 Å². The Morgan fingerprint density at radius 2 is 1.92 bits per heavy atom. The molecule has 0 aliphatic rings. The van der Waals surface area contributed by atoms with Crippen molar-refractivity contribution < 1.29 is 9.84 Å². The zero-order valence-electron chi connectivity index (χ0n) is 14.6. The summed E-state index contributed by atoms with van der Waals surface area (Å²) in [7, 11) is 1.65. The molecule has 0 spiro atoms. The Balaban J connectivity index is 2.14. The first-order chi connectivity index (χ1) is 12.3. The molecular formula is C20H23N3O2. The minimum absolute atomic E-state index is 0.169. The van der Waals surface area contributed by atoms with Crippen molar-refractivity contribution in [2.24, 2.45) is 0 Å². The van der Waals surface area contributed by atoms with Crippen LogP contribution in [-0.2, 0) is 0 Å². The van der Waals surface area contributed by atoms with Crippen LogP contribution in [0.5, 0.6) is 5.75 Å². The van der Waals surface area contributed by atoms with Gasteiger partial charge in [0.15, 0.2) is 5.82 Å². The number of hydrogen-bond acceptors (Lipinski definition) is 5. The van der Waals surface area contributed by atoms with Crippen LogP contribution in [0.3, 0.4) is 0 Å². The molecule has 0 unspecified atom stereocenters. The second-order valence-electron chi connectivity index (χ2n) is 5.78. The van der Waals surface area contributed by atoms with E-state index >= 15 is 0 Å². The van der Waals surface area contributed by atoms with Gasteiger partial charge in [0.1, 0.15) is 11.6 Å². The third-order valence-corrected chi connectivity index (χ3v) is 4.18. The number of aliphatic hydroxyl groups excluding tert-OH is 1. The smallest absolute Gasteiger partial charge is 0.162 e. The molecule has 3 aromatic rings. The van der Waals surface area contributed by atoms with Gasteiger partial charge in [0.25, 0.3) is 0 Å². The van der Waals surface area contributed by atoms with E-state index in [9.17, 15) is 5.11 Å². The van der Waals surface area contributed by atoms with E-state index in [1.807, 2.05) is 48.5 Å². The number of para-hydroxylation sites is 1. The normalized spacial score (nSPS) is 10.8. The number of ether oxygens (including phenoxy) is 1. The van der Waals surface area contributed by atoms with Crippen molar-refractivity contribution in [1.29, 1.82) is 0 Å². The molecule has 0 aliphatic carbocycles. The summed E-state index contributed by atoms with van der Waals surface area (Å²) in [6, 6.07) is 15.8. The number of rotatable bonds is 7. The predicted molar refractivity (Wildman–Crippen MR) is 101 cm³/mol. The lowest BCUT2D eigenvalue weighted by Crippen LogP contribution is -2.26. The van der Waals surface area contributed by atoms with Crippen molar-refractivity contribution in [2.45, 2.75) is 13.3 Å². The fraction of sp³-hybridized carbons (Fsp3) is 0.300. The molecule has 25 heavy (non-hydrogen) atoms. The lowest BCUT2D eigenvalue weighted by atomic mass is 10.1. The van der Waals surface area contributed by atoms with Crippen LogP contribution in [0.15, 0.2) is 48.5 Å². The summed E-state index contributed by atoms with van der Waals surface area (Å²) in [5.74, 6) is 2.36. The molecule has 3 rings (SSSR count). The van der Waals surface area contributed by atoms with Gasteiger partial charge in [0, 0.05) is 30.6 Å².